The fraction of sp³-hybridized carbons (Fsp3) is 0.0909. The predicted molar refractivity (Wildman–Crippen MR) is 229 cm³/mol. The van der Waals surface area contributed by atoms with Crippen LogP contribution in [-0.4, -0.2) is 42.6 Å². The minimum absolute atomic E-state index is 0. The molecule has 0 unspecified atom stereocenters. The molecule has 58 heavy (non-hydrogen) atoms. The summed E-state index contributed by atoms with van der Waals surface area (Å²) >= 11 is 9.23. The number of aryl methyl sites for hydroxylation is 1. The second kappa shape index (κ2) is 20.8. The van der Waals surface area contributed by atoms with Crippen LogP contribution in [-0.2, 0) is 42.3 Å². The van der Waals surface area contributed by atoms with Gasteiger partial charge in [0.15, 0.2) is 0 Å². The molecule has 7 aromatic rings. The van der Waals surface area contributed by atoms with Crippen molar-refractivity contribution in [1.29, 1.82) is 5.26 Å². The predicted octanol–water partition coefficient (Wildman–Crippen LogP) is 10.2. The molecule has 0 saturated carbocycles. The minimum Gasteiger partial charge on any atom is -0.753 e. The number of carbonyl (C=O) groups is 2. The van der Waals surface area contributed by atoms with E-state index in [0.717, 1.165) is 11.4 Å². The van der Waals surface area contributed by atoms with Crippen LogP contribution in [0.15, 0.2) is 128 Å². The Kier molecular flexibility index (Phi) is 16.0. The van der Waals surface area contributed by atoms with E-state index in [1.165, 1.54) is 95.9 Å². The van der Waals surface area contributed by atoms with Crippen molar-refractivity contribution in [3.63, 3.8) is 0 Å². The maximum absolute atomic E-state index is 10.8. The van der Waals surface area contributed by atoms with Crippen molar-refractivity contribution in [2.75, 3.05) is 0 Å². The molecule has 0 radical (unpaired) electrons. The smallest absolute Gasteiger partial charge is 0.753 e. The van der Waals surface area contributed by atoms with Gasteiger partial charge in [0.05, 0.1) is 28.3 Å². The Bertz CT molecular complexity index is 2640. The van der Waals surface area contributed by atoms with E-state index in [0.29, 0.717) is 23.6 Å². The Morgan fingerprint density at radius 2 is 1.33 bits per heavy atom. The first kappa shape index (κ1) is 44.5. The molecule has 0 bridgehead atoms. The molecule has 0 atom stereocenters. The van der Waals surface area contributed by atoms with Gasteiger partial charge in [-0.05, 0) is 107 Å². The summed E-state index contributed by atoms with van der Waals surface area (Å²) in [6, 6.07) is 34.3. The molecule has 5 heterocycles. The van der Waals surface area contributed by atoms with Crippen LogP contribution >= 0.6 is 23.6 Å². The van der Waals surface area contributed by atoms with E-state index in [-0.39, 0.29) is 30.5 Å². The monoisotopic (exact) mass is 906 g/mol. The molecule has 2 aromatic carbocycles. The van der Waals surface area contributed by atoms with E-state index in [2.05, 4.69) is 143 Å². The van der Waals surface area contributed by atoms with E-state index >= 15 is 0 Å². The molecule has 0 saturated heterocycles. The first-order chi connectivity index (χ1) is 27.5. The molecular weight excluding hydrogens is 874 g/mol. The molecule has 288 valence electrons. The summed E-state index contributed by atoms with van der Waals surface area (Å²) in [5, 5.41) is 25.8. The van der Waals surface area contributed by atoms with Crippen LogP contribution in [0.3, 0.4) is 0 Å². The largest absolute Gasteiger partial charge is 2.00 e. The number of pyridine rings is 4. The third kappa shape index (κ3) is 10.6. The molecule has 0 amide bonds. The van der Waals surface area contributed by atoms with Crippen LogP contribution in [0.2, 0.25) is 0 Å². The normalized spacial score (nSPS) is 11.0. The Morgan fingerprint density at radius 1 is 0.793 bits per heavy atom. The van der Waals surface area contributed by atoms with Gasteiger partial charge in [-0.1, -0.05) is 67.9 Å². The number of hydrogen-bond acceptors (Lipinski definition) is 11. The molecule has 1 aliphatic carbocycles. The molecule has 0 fully saturated rings. The Labute approximate surface area is 363 Å². The van der Waals surface area contributed by atoms with E-state index in [4.69, 9.17) is 15.8 Å². The first-order valence-electron chi connectivity index (χ1n) is 17.1. The maximum atomic E-state index is 10.8. The second-order valence-electron chi connectivity index (χ2n) is 12.8. The van der Waals surface area contributed by atoms with Gasteiger partial charge < -0.3 is 27.9 Å². The fourth-order valence-corrected chi connectivity index (χ4v) is 7.29. The standard InChI is InChI=1S/C30H24N2S.C12H8N2O4.CHNS.CNS.Ru/c1-19-12-14-31-26(16-19)27-18-21(13-15-32-27)29-11-10-28(33-29)20-8-9-23-22-6-4-5-7-24(22)30(2,3)25(23)17-20;15-7-18-9-2-4-14-11(6-9)10-5-8(12(16)17)1-3-13-10;2*2-1-3;/h4-18H,1-3H3;1-7H,(H,16,17);3H;;/q;;;-1;+2/p-1. The van der Waals surface area contributed by atoms with E-state index in [1.54, 1.807) is 0 Å². The van der Waals surface area contributed by atoms with Crippen molar-refractivity contribution < 1.29 is 38.9 Å². The van der Waals surface area contributed by atoms with E-state index in [1.807, 2.05) is 29.8 Å². The van der Waals surface area contributed by atoms with Gasteiger partial charge in [0.25, 0.3) is 6.47 Å². The van der Waals surface area contributed by atoms with Crippen molar-refractivity contribution in [1.82, 2.24) is 19.9 Å². The summed E-state index contributed by atoms with van der Waals surface area (Å²) in [5.74, 6) is -0.725. The number of thiocarbonyl (C=S) groups is 1. The number of nitrogens with zero attached hydrogens (tertiary/aromatic N) is 6. The summed E-state index contributed by atoms with van der Waals surface area (Å²) in [6.07, 6.45) is 6.55. The summed E-state index contributed by atoms with van der Waals surface area (Å²) in [6.45, 7) is 7.05. The Morgan fingerprint density at radius 3 is 1.97 bits per heavy atom. The number of benzene rings is 2. The zero-order valence-electron chi connectivity index (χ0n) is 31.1. The number of carbonyl (C=O) groups excluding carboxylic acids is 1. The van der Waals surface area contributed by atoms with Gasteiger partial charge in [0.1, 0.15) is 5.75 Å². The van der Waals surface area contributed by atoms with Gasteiger partial charge in [-0.2, -0.15) is 5.16 Å². The van der Waals surface area contributed by atoms with Crippen LogP contribution in [0.25, 0.3) is 60.2 Å². The zero-order valence-corrected chi connectivity index (χ0v) is 35.3. The van der Waals surface area contributed by atoms with Crippen molar-refractivity contribution in [2.24, 2.45) is 0 Å². The fourth-order valence-electron chi connectivity index (χ4n) is 6.29. The average Bonchev–Trinajstić information content (AvgIpc) is 3.80. The van der Waals surface area contributed by atoms with Gasteiger partial charge in [-0.3, -0.25) is 24.7 Å². The van der Waals surface area contributed by atoms with Gasteiger partial charge in [0, 0.05) is 46.0 Å². The van der Waals surface area contributed by atoms with Crippen LogP contribution in [0.5, 0.6) is 5.75 Å². The summed E-state index contributed by atoms with van der Waals surface area (Å²) < 4.78 is 4.68. The van der Waals surface area contributed by atoms with Crippen molar-refractivity contribution >= 4 is 53.8 Å². The van der Waals surface area contributed by atoms with Crippen LogP contribution in [0, 0.1) is 17.6 Å². The number of fused-ring (bicyclic) bond motifs is 3. The average molecular weight is 906 g/mol. The summed E-state index contributed by atoms with van der Waals surface area (Å²) in [5.41, 5.74) is 12.0. The van der Waals surface area contributed by atoms with E-state index < -0.39 is 5.97 Å². The molecule has 8 rings (SSSR count). The van der Waals surface area contributed by atoms with Crippen molar-refractivity contribution in [2.45, 2.75) is 26.2 Å². The van der Waals surface area contributed by atoms with Gasteiger partial charge in [0.2, 0.25) is 0 Å². The number of thiocyanates is 1. The number of carboxylic acid groups (broad SMARTS) is 1. The van der Waals surface area contributed by atoms with Crippen LogP contribution in [0.4, 0.5) is 0 Å². The van der Waals surface area contributed by atoms with Crippen molar-refractivity contribution in [3.05, 3.63) is 156 Å². The number of nitriles is 1. The molecule has 14 heteroatoms. The Hall–Kier alpha value is -6.19. The number of carboxylic acids is 1. The van der Waals surface area contributed by atoms with Crippen LogP contribution < -0.4 is 4.74 Å². The number of rotatable bonds is 7. The molecule has 1 N–H and O–H groups in total. The molecule has 10 nitrogen and oxygen atoms in total. The third-order valence-electron chi connectivity index (χ3n) is 8.88. The Balaban J connectivity index is 0.000000252. The molecule has 5 aromatic heterocycles. The number of isothiocyanates is 1. The number of ether oxygens (including phenoxy) is 1. The van der Waals surface area contributed by atoms with E-state index in [9.17, 15) is 9.59 Å². The number of hydrogen-bond donors (Lipinski definition) is 1. The number of aromatic carboxylic acids is 1. The number of thiophene rings is 1. The zero-order chi connectivity index (χ0) is 41.0. The molecule has 1 aliphatic rings. The van der Waals surface area contributed by atoms with Gasteiger partial charge >= 0.3 is 25.4 Å². The quantitative estimate of drug-likeness (QED) is 0.0405. The topological polar surface area (TPSA) is 161 Å². The molecule has 0 spiro atoms. The number of aromatic nitrogens is 4. The summed E-state index contributed by atoms with van der Waals surface area (Å²) in [4.78, 5) is 40.7. The van der Waals surface area contributed by atoms with Gasteiger partial charge in [-0.15, -0.1) is 11.3 Å². The third-order valence-corrected chi connectivity index (χ3v) is 10.1. The second-order valence-corrected chi connectivity index (χ2v) is 14.2. The first-order valence-corrected chi connectivity index (χ1v) is 18.7. The molecular formula is C44H32N6O4RuS3. The van der Waals surface area contributed by atoms with Crippen LogP contribution in [0.1, 0.15) is 40.9 Å². The maximum Gasteiger partial charge on any atom is 2.00 e. The summed E-state index contributed by atoms with van der Waals surface area (Å²) in [7, 11) is 0. The van der Waals surface area contributed by atoms with Gasteiger partial charge in [-0.25, -0.2) is 10.1 Å². The minimum atomic E-state index is -1.04. The molecule has 0 aliphatic heterocycles. The SMILES string of the molecule is Cc1ccnc(-c2cc(-c3ccc(-c4ccc5c(c4)C(C)(C)c4ccccc4-5)s3)ccn2)c1.N#C[S-].O=COc1ccnc(-c2cc(C(=O)O)ccn2)c1.[N-]=C=S.[Ru+2]. The van der Waals surface area contributed by atoms with Crippen molar-refractivity contribution in [3.8, 4) is 65.9 Å².